The van der Waals surface area contributed by atoms with Crippen molar-refractivity contribution in [1.29, 1.82) is 0 Å². The van der Waals surface area contributed by atoms with Crippen LogP contribution in [0.3, 0.4) is 0 Å². The van der Waals surface area contributed by atoms with E-state index in [0.717, 1.165) is 65.3 Å². The topological polar surface area (TPSA) is 87.5 Å². The average molecular weight is 498 g/mol. The third-order valence-electron chi connectivity index (χ3n) is 7.10. The van der Waals surface area contributed by atoms with E-state index in [4.69, 9.17) is 9.72 Å². The van der Waals surface area contributed by atoms with Crippen LogP contribution in [0.5, 0.6) is 0 Å². The van der Waals surface area contributed by atoms with E-state index in [0.29, 0.717) is 17.9 Å². The van der Waals surface area contributed by atoms with Crippen LogP contribution in [-0.4, -0.2) is 71.8 Å². The van der Waals surface area contributed by atoms with Crippen LogP contribution in [0.2, 0.25) is 0 Å². The summed E-state index contributed by atoms with van der Waals surface area (Å²) in [6.45, 7) is 3.84. The summed E-state index contributed by atoms with van der Waals surface area (Å²) in [6, 6.07) is 12.3. The molecular formula is C28H31N7O2. The van der Waals surface area contributed by atoms with Crippen molar-refractivity contribution in [1.82, 2.24) is 24.8 Å². The fourth-order valence-corrected chi connectivity index (χ4v) is 5.32. The van der Waals surface area contributed by atoms with Crippen LogP contribution in [0, 0.1) is 0 Å². The normalized spacial score (nSPS) is 17.4. The van der Waals surface area contributed by atoms with Crippen LogP contribution >= 0.6 is 0 Å². The summed E-state index contributed by atoms with van der Waals surface area (Å²) >= 11 is 0. The number of carbonyl (C=O) groups is 1. The van der Waals surface area contributed by atoms with Gasteiger partial charge in [0, 0.05) is 74.1 Å². The number of fused-ring (bicyclic) bond motifs is 2. The highest BCUT2D eigenvalue weighted by Crippen LogP contribution is 2.36. The molecule has 37 heavy (non-hydrogen) atoms. The molecule has 0 bridgehead atoms. The van der Waals surface area contributed by atoms with Gasteiger partial charge in [-0.05, 0) is 61.6 Å². The highest BCUT2D eigenvalue weighted by Gasteiger charge is 2.28. The third-order valence-corrected chi connectivity index (χ3v) is 7.10. The second-order valence-electron chi connectivity index (χ2n) is 9.95. The molecule has 9 nitrogen and oxygen atoms in total. The molecule has 3 aromatic heterocycles. The Morgan fingerprint density at radius 3 is 2.78 bits per heavy atom. The molecule has 0 radical (unpaired) electrons. The van der Waals surface area contributed by atoms with E-state index in [1.54, 1.807) is 6.20 Å². The molecule has 2 aliphatic rings. The molecule has 0 saturated carbocycles. The molecule has 9 heteroatoms. The minimum atomic E-state index is -0.109. The molecule has 5 heterocycles. The van der Waals surface area contributed by atoms with Crippen molar-refractivity contribution in [3.8, 4) is 11.1 Å². The maximum atomic E-state index is 12.9. The molecule has 0 aliphatic carbocycles. The zero-order chi connectivity index (χ0) is 25.5. The van der Waals surface area contributed by atoms with Gasteiger partial charge in [0.15, 0.2) is 0 Å². The maximum absolute atomic E-state index is 12.9. The maximum Gasteiger partial charge on any atom is 0.255 e. The van der Waals surface area contributed by atoms with Crippen molar-refractivity contribution in [3.05, 3.63) is 66.1 Å². The lowest BCUT2D eigenvalue weighted by Gasteiger charge is -2.35. The van der Waals surface area contributed by atoms with Crippen molar-refractivity contribution in [2.75, 3.05) is 50.6 Å². The number of likely N-dealkylation sites (N-methyl/N-ethyl adjacent to an activating group) is 1. The van der Waals surface area contributed by atoms with E-state index in [1.165, 1.54) is 0 Å². The van der Waals surface area contributed by atoms with Crippen molar-refractivity contribution >= 4 is 34.1 Å². The van der Waals surface area contributed by atoms with Crippen molar-refractivity contribution in [2.45, 2.75) is 12.6 Å². The number of nitrogens with one attached hydrogen (secondary N) is 2. The zero-order valence-corrected chi connectivity index (χ0v) is 21.4. The first-order valence-corrected chi connectivity index (χ1v) is 12.6. The zero-order valence-electron chi connectivity index (χ0n) is 21.4. The van der Waals surface area contributed by atoms with Gasteiger partial charge in [0.25, 0.3) is 5.91 Å². The van der Waals surface area contributed by atoms with E-state index in [1.807, 2.05) is 42.2 Å². The number of nitrogens with zero attached hydrogens (tertiary/aromatic N) is 5. The van der Waals surface area contributed by atoms with E-state index in [2.05, 4.69) is 57.7 Å². The van der Waals surface area contributed by atoms with Gasteiger partial charge < -0.3 is 29.7 Å². The standard InChI is InChI=1S/C28H31N7O2/c1-33(2)16-20-17-35(12-13-37-20)19-6-4-18(5-7-19)32-26-25-24(15-31-28(25)36)23(14-30-26)21-8-10-29-27-22(21)9-11-34(27)3/h4-11,14,20H,12-13,15-17H2,1-3H3,(H,30,32)(H,31,36)/t20-/m0/s1. The Bertz CT molecular complexity index is 1460. The number of morpholine rings is 1. The van der Waals surface area contributed by atoms with Crippen LogP contribution in [-0.2, 0) is 18.3 Å². The SMILES string of the molecule is CN(C)C[C@H]1CN(c2ccc(Nc3ncc(-c4ccnc5c4ccn5C)c4c3C(=O)NC4)cc2)CCO1. The molecule has 1 saturated heterocycles. The minimum Gasteiger partial charge on any atom is -0.373 e. The Morgan fingerprint density at radius 2 is 1.97 bits per heavy atom. The van der Waals surface area contributed by atoms with Gasteiger partial charge in [-0.3, -0.25) is 4.79 Å². The number of aryl methyl sites for hydroxylation is 1. The number of hydrogen-bond donors (Lipinski definition) is 2. The summed E-state index contributed by atoms with van der Waals surface area (Å²) in [5, 5.41) is 7.41. The highest BCUT2D eigenvalue weighted by atomic mass is 16.5. The van der Waals surface area contributed by atoms with Gasteiger partial charge in [0.05, 0.1) is 18.3 Å². The molecule has 0 spiro atoms. The largest absolute Gasteiger partial charge is 0.373 e. The number of anilines is 3. The number of rotatable bonds is 6. The van der Waals surface area contributed by atoms with Gasteiger partial charge in [-0.15, -0.1) is 0 Å². The van der Waals surface area contributed by atoms with E-state index in [-0.39, 0.29) is 12.0 Å². The Kier molecular flexibility index (Phi) is 6.02. The predicted octanol–water partition coefficient (Wildman–Crippen LogP) is 3.39. The number of hydrogen-bond acceptors (Lipinski definition) is 7. The Balaban J connectivity index is 1.26. The molecule has 0 unspecified atom stereocenters. The molecule has 1 atom stereocenters. The van der Waals surface area contributed by atoms with E-state index >= 15 is 0 Å². The van der Waals surface area contributed by atoms with Gasteiger partial charge in [-0.2, -0.15) is 0 Å². The quantitative estimate of drug-likeness (QED) is 0.422. The summed E-state index contributed by atoms with van der Waals surface area (Å²) in [5.74, 6) is 0.458. The first kappa shape index (κ1) is 23.4. The smallest absolute Gasteiger partial charge is 0.255 e. The highest BCUT2D eigenvalue weighted by molar-refractivity contribution is 6.06. The molecule has 2 aliphatic heterocycles. The van der Waals surface area contributed by atoms with E-state index < -0.39 is 0 Å². The van der Waals surface area contributed by atoms with Gasteiger partial charge in [-0.25, -0.2) is 9.97 Å². The number of ether oxygens (including phenoxy) is 1. The minimum absolute atomic E-state index is 0.109. The van der Waals surface area contributed by atoms with Crippen LogP contribution in [0.15, 0.2) is 55.0 Å². The molecular weight excluding hydrogens is 466 g/mol. The third kappa shape index (κ3) is 4.41. The summed E-state index contributed by atoms with van der Waals surface area (Å²) in [4.78, 5) is 26.6. The lowest BCUT2D eigenvalue weighted by molar-refractivity contribution is 0.0248. The number of benzene rings is 1. The Labute approximate surface area is 216 Å². The number of pyridine rings is 2. The lowest BCUT2D eigenvalue weighted by Crippen LogP contribution is -2.46. The molecule has 6 rings (SSSR count). The second-order valence-corrected chi connectivity index (χ2v) is 9.95. The summed E-state index contributed by atoms with van der Waals surface area (Å²) in [7, 11) is 6.12. The summed E-state index contributed by atoms with van der Waals surface area (Å²) in [6.07, 6.45) is 5.86. The van der Waals surface area contributed by atoms with Gasteiger partial charge >= 0.3 is 0 Å². The summed E-state index contributed by atoms with van der Waals surface area (Å²) in [5.41, 5.74) is 6.48. The molecule has 4 aromatic rings. The first-order valence-electron chi connectivity index (χ1n) is 12.6. The van der Waals surface area contributed by atoms with Gasteiger partial charge in [-0.1, -0.05) is 0 Å². The fraction of sp³-hybridized carbons (Fsp3) is 0.321. The monoisotopic (exact) mass is 497 g/mol. The van der Waals surface area contributed by atoms with Crippen molar-refractivity contribution in [3.63, 3.8) is 0 Å². The summed E-state index contributed by atoms with van der Waals surface area (Å²) < 4.78 is 7.91. The molecule has 1 amide bonds. The van der Waals surface area contributed by atoms with Crippen LogP contribution in [0.4, 0.5) is 17.2 Å². The van der Waals surface area contributed by atoms with Crippen LogP contribution < -0.4 is 15.5 Å². The number of carbonyl (C=O) groups excluding carboxylic acids is 1. The van der Waals surface area contributed by atoms with Gasteiger partial charge in [0.1, 0.15) is 11.5 Å². The first-order chi connectivity index (χ1) is 18.0. The molecule has 1 aromatic carbocycles. The van der Waals surface area contributed by atoms with E-state index in [9.17, 15) is 4.79 Å². The van der Waals surface area contributed by atoms with Crippen LogP contribution in [0.1, 0.15) is 15.9 Å². The number of amides is 1. The van der Waals surface area contributed by atoms with Gasteiger partial charge in [0.2, 0.25) is 0 Å². The molecule has 2 N–H and O–H groups in total. The van der Waals surface area contributed by atoms with Crippen molar-refractivity contribution in [2.24, 2.45) is 7.05 Å². The fourth-order valence-electron chi connectivity index (χ4n) is 5.32. The molecule has 1 fully saturated rings. The van der Waals surface area contributed by atoms with Crippen molar-refractivity contribution < 1.29 is 9.53 Å². The average Bonchev–Trinajstić information content (AvgIpc) is 3.48. The second kappa shape index (κ2) is 9.49. The van der Waals surface area contributed by atoms with Crippen LogP contribution in [0.25, 0.3) is 22.2 Å². The Hall–Kier alpha value is -3.95. The molecule has 190 valence electrons. The Morgan fingerprint density at radius 1 is 1.14 bits per heavy atom. The number of aromatic nitrogens is 3. The lowest BCUT2D eigenvalue weighted by atomic mass is 9.97. The predicted molar refractivity (Wildman–Crippen MR) is 145 cm³/mol.